The van der Waals surface area contributed by atoms with Crippen molar-refractivity contribution in [3.05, 3.63) is 29.7 Å². The van der Waals surface area contributed by atoms with Gasteiger partial charge in [-0.05, 0) is 25.7 Å². The highest BCUT2D eigenvalue weighted by atomic mass is 16.5. The molecule has 0 saturated carbocycles. The van der Waals surface area contributed by atoms with E-state index in [1.807, 2.05) is 6.07 Å². The molecule has 1 aromatic heterocycles. The van der Waals surface area contributed by atoms with Crippen molar-refractivity contribution in [1.82, 2.24) is 15.4 Å². The molecule has 1 aliphatic rings. The number of hydrogen-bond acceptors (Lipinski definition) is 5. The summed E-state index contributed by atoms with van der Waals surface area (Å²) >= 11 is 0. The van der Waals surface area contributed by atoms with Gasteiger partial charge in [0.05, 0.1) is 18.8 Å². The van der Waals surface area contributed by atoms with Crippen LogP contribution < -0.4 is 16.0 Å². The molecular formula is C14H22N4O. The van der Waals surface area contributed by atoms with E-state index in [1.165, 1.54) is 37.6 Å². The summed E-state index contributed by atoms with van der Waals surface area (Å²) in [5.74, 6) is 6.29. The Bertz CT molecular complexity index is 433. The molecule has 0 aliphatic heterocycles. The smallest absolute Gasteiger partial charge is 0.216 e. The summed E-state index contributed by atoms with van der Waals surface area (Å²) in [5.41, 5.74) is 5.06. The third-order valence-corrected chi connectivity index (χ3v) is 3.53. The minimum absolute atomic E-state index is 0.0463. The highest BCUT2D eigenvalue weighted by Gasteiger charge is 2.18. The average Bonchev–Trinajstić information content (AvgIpc) is 2.42. The van der Waals surface area contributed by atoms with Crippen LogP contribution in [0.25, 0.3) is 0 Å². The van der Waals surface area contributed by atoms with E-state index in [9.17, 15) is 0 Å². The standard InChI is InChI=1S/C14H22N4O/c1-19-13-9-12(16-10-17-13)14(18-15)11-7-5-3-2-4-6-8-11/h7,9-10,14,18H,2-6,8,15H2,1H3/b11-7+. The number of allylic oxidation sites excluding steroid dienone is 1. The monoisotopic (exact) mass is 262 g/mol. The fraction of sp³-hybridized carbons (Fsp3) is 0.571. The van der Waals surface area contributed by atoms with Gasteiger partial charge in [-0.25, -0.2) is 15.4 Å². The predicted molar refractivity (Wildman–Crippen MR) is 74.4 cm³/mol. The first kappa shape index (κ1) is 14.0. The zero-order valence-electron chi connectivity index (χ0n) is 11.4. The Morgan fingerprint density at radius 1 is 1.26 bits per heavy atom. The highest BCUT2D eigenvalue weighted by Crippen LogP contribution is 2.28. The Morgan fingerprint density at radius 2 is 2.11 bits per heavy atom. The van der Waals surface area contributed by atoms with E-state index in [2.05, 4.69) is 21.5 Å². The van der Waals surface area contributed by atoms with Gasteiger partial charge >= 0.3 is 0 Å². The van der Waals surface area contributed by atoms with Crippen molar-refractivity contribution in [2.24, 2.45) is 5.84 Å². The molecule has 104 valence electrons. The number of nitrogens with zero attached hydrogens (tertiary/aromatic N) is 2. The summed E-state index contributed by atoms with van der Waals surface area (Å²) in [4.78, 5) is 8.35. The first-order chi connectivity index (χ1) is 9.35. The summed E-state index contributed by atoms with van der Waals surface area (Å²) in [7, 11) is 1.60. The maximum Gasteiger partial charge on any atom is 0.216 e. The van der Waals surface area contributed by atoms with Gasteiger partial charge in [-0.15, -0.1) is 0 Å². The number of hydrogen-bond donors (Lipinski definition) is 2. The molecule has 0 spiro atoms. The van der Waals surface area contributed by atoms with Crippen LogP contribution in [0.1, 0.15) is 50.3 Å². The Balaban J connectivity index is 2.21. The number of rotatable bonds is 4. The van der Waals surface area contributed by atoms with Crippen LogP contribution in [0.3, 0.4) is 0 Å². The fourth-order valence-electron chi connectivity index (χ4n) is 2.48. The third kappa shape index (κ3) is 3.75. The van der Waals surface area contributed by atoms with Crippen molar-refractivity contribution >= 4 is 0 Å². The van der Waals surface area contributed by atoms with Gasteiger partial charge in [0.25, 0.3) is 0 Å². The van der Waals surface area contributed by atoms with Crippen molar-refractivity contribution in [2.45, 2.75) is 44.6 Å². The van der Waals surface area contributed by atoms with Crippen LogP contribution in [0.5, 0.6) is 5.88 Å². The molecule has 0 aromatic carbocycles. The third-order valence-electron chi connectivity index (χ3n) is 3.53. The molecule has 1 aromatic rings. The zero-order chi connectivity index (χ0) is 13.5. The number of hydrazine groups is 1. The van der Waals surface area contributed by atoms with E-state index in [4.69, 9.17) is 10.6 Å². The Morgan fingerprint density at radius 3 is 2.89 bits per heavy atom. The van der Waals surface area contributed by atoms with Crippen molar-refractivity contribution in [3.8, 4) is 5.88 Å². The normalized spacial score (nSPS) is 20.8. The SMILES string of the molecule is COc1cc(C(NN)/C2=C/CCCCCC2)ncn1. The minimum Gasteiger partial charge on any atom is -0.481 e. The average molecular weight is 262 g/mol. The topological polar surface area (TPSA) is 73.1 Å². The van der Waals surface area contributed by atoms with Crippen molar-refractivity contribution < 1.29 is 4.74 Å². The minimum atomic E-state index is -0.0463. The number of ether oxygens (including phenoxy) is 1. The summed E-state index contributed by atoms with van der Waals surface area (Å²) < 4.78 is 5.14. The van der Waals surface area contributed by atoms with Crippen LogP contribution >= 0.6 is 0 Å². The number of nitrogens with one attached hydrogen (secondary N) is 1. The molecule has 1 atom stereocenters. The van der Waals surface area contributed by atoms with E-state index >= 15 is 0 Å². The lowest BCUT2D eigenvalue weighted by Gasteiger charge is -2.21. The maximum atomic E-state index is 5.73. The predicted octanol–water partition coefficient (Wildman–Crippen LogP) is 2.27. The van der Waals surface area contributed by atoms with Gasteiger partial charge in [-0.3, -0.25) is 5.84 Å². The van der Waals surface area contributed by atoms with Crippen LogP contribution in [-0.2, 0) is 0 Å². The number of methoxy groups -OCH3 is 1. The summed E-state index contributed by atoms with van der Waals surface area (Å²) in [6, 6.07) is 1.79. The second-order valence-electron chi connectivity index (χ2n) is 4.82. The Labute approximate surface area is 114 Å². The lowest BCUT2D eigenvalue weighted by atomic mass is 9.93. The van der Waals surface area contributed by atoms with Gasteiger partial charge in [0.2, 0.25) is 5.88 Å². The molecule has 5 heteroatoms. The van der Waals surface area contributed by atoms with Crippen LogP contribution in [-0.4, -0.2) is 17.1 Å². The molecule has 3 N–H and O–H groups in total. The molecular weight excluding hydrogens is 240 g/mol. The fourth-order valence-corrected chi connectivity index (χ4v) is 2.48. The van der Waals surface area contributed by atoms with Crippen molar-refractivity contribution in [2.75, 3.05) is 7.11 Å². The molecule has 0 radical (unpaired) electrons. The Hall–Kier alpha value is -1.46. The molecule has 1 aliphatic carbocycles. The number of nitrogens with two attached hydrogens (primary N) is 1. The largest absolute Gasteiger partial charge is 0.481 e. The molecule has 0 bridgehead atoms. The summed E-state index contributed by atoms with van der Waals surface area (Å²) in [6.45, 7) is 0. The van der Waals surface area contributed by atoms with Crippen LogP contribution in [0.15, 0.2) is 24.0 Å². The van der Waals surface area contributed by atoms with Gasteiger partial charge in [-0.2, -0.15) is 0 Å². The van der Waals surface area contributed by atoms with E-state index in [0.717, 1.165) is 18.5 Å². The lowest BCUT2D eigenvalue weighted by Crippen LogP contribution is -2.30. The van der Waals surface area contributed by atoms with E-state index in [1.54, 1.807) is 7.11 Å². The zero-order valence-corrected chi connectivity index (χ0v) is 11.4. The molecule has 19 heavy (non-hydrogen) atoms. The van der Waals surface area contributed by atoms with E-state index in [-0.39, 0.29) is 6.04 Å². The van der Waals surface area contributed by atoms with Crippen LogP contribution in [0, 0.1) is 0 Å². The second-order valence-corrected chi connectivity index (χ2v) is 4.82. The van der Waals surface area contributed by atoms with Gasteiger partial charge in [0.15, 0.2) is 0 Å². The molecule has 1 unspecified atom stereocenters. The Kier molecular flexibility index (Phi) is 5.30. The quantitative estimate of drug-likeness (QED) is 0.495. The molecule has 1 heterocycles. The summed E-state index contributed by atoms with van der Waals surface area (Å²) in [6.07, 6.45) is 11.1. The van der Waals surface area contributed by atoms with Crippen LogP contribution in [0.2, 0.25) is 0 Å². The lowest BCUT2D eigenvalue weighted by molar-refractivity contribution is 0.394. The molecule has 0 amide bonds. The van der Waals surface area contributed by atoms with Gasteiger partial charge in [0.1, 0.15) is 6.33 Å². The highest BCUT2D eigenvalue weighted by molar-refractivity contribution is 5.25. The van der Waals surface area contributed by atoms with Crippen molar-refractivity contribution in [3.63, 3.8) is 0 Å². The molecule has 0 saturated heterocycles. The van der Waals surface area contributed by atoms with Crippen molar-refractivity contribution in [1.29, 1.82) is 0 Å². The van der Waals surface area contributed by atoms with Gasteiger partial charge in [-0.1, -0.05) is 24.5 Å². The van der Waals surface area contributed by atoms with E-state index in [0.29, 0.717) is 5.88 Å². The van der Waals surface area contributed by atoms with Crippen LogP contribution in [0.4, 0.5) is 0 Å². The summed E-state index contributed by atoms with van der Waals surface area (Å²) in [5, 5.41) is 0. The number of aromatic nitrogens is 2. The molecule has 5 nitrogen and oxygen atoms in total. The second kappa shape index (κ2) is 7.21. The molecule has 0 fully saturated rings. The first-order valence-corrected chi connectivity index (χ1v) is 6.86. The van der Waals surface area contributed by atoms with E-state index < -0.39 is 0 Å². The first-order valence-electron chi connectivity index (χ1n) is 6.86. The molecule has 2 rings (SSSR count). The maximum absolute atomic E-state index is 5.73. The van der Waals surface area contributed by atoms with Gasteiger partial charge < -0.3 is 4.74 Å². The van der Waals surface area contributed by atoms with Gasteiger partial charge in [0, 0.05) is 6.07 Å².